The average molecular weight is 190 g/mol. The molecule has 4 heteroatoms. The second-order valence-corrected chi connectivity index (χ2v) is 3.80. The standard InChI is InChI=1S/C9H12F2O2/c1-9(2)5(4-6(10)11)7(9)8(12)13-3/h4-5,7H,1-3H3/t5-,7+/m1/s1. The minimum absolute atomic E-state index is 0.384. The summed E-state index contributed by atoms with van der Waals surface area (Å²) < 4.78 is 28.3. The summed E-state index contributed by atoms with van der Waals surface area (Å²) in [5.74, 6) is -1.21. The van der Waals surface area contributed by atoms with Gasteiger partial charge in [-0.3, -0.25) is 4.79 Å². The highest BCUT2D eigenvalue weighted by atomic mass is 19.3. The smallest absolute Gasteiger partial charge is 0.309 e. The van der Waals surface area contributed by atoms with Crippen molar-refractivity contribution in [2.24, 2.45) is 17.3 Å². The van der Waals surface area contributed by atoms with E-state index in [4.69, 9.17) is 0 Å². The number of methoxy groups -OCH3 is 1. The molecule has 0 bridgehead atoms. The van der Waals surface area contributed by atoms with Crippen molar-refractivity contribution in [3.05, 3.63) is 12.2 Å². The third-order valence-electron chi connectivity index (χ3n) is 2.67. The van der Waals surface area contributed by atoms with Gasteiger partial charge in [0.25, 0.3) is 6.08 Å². The van der Waals surface area contributed by atoms with Crippen molar-refractivity contribution in [3.8, 4) is 0 Å². The molecule has 0 heterocycles. The zero-order chi connectivity index (χ0) is 10.2. The molecule has 1 saturated carbocycles. The van der Waals surface area contributed by atoms with Crippen LogP contribution in [0.3, 0.4) is 0 Å². The van der Waals surface area contributed by atoms with E-state index in [1.807, 2.05) is 0 Å². The van der Waals surface area contributed by atoms with Gasteiger partial charge in [0.1, 0.15) is 0 Å². The average Bonchev–Trinajstić information content (AvgIpc) is 2.51. The van der Waals surface area contributed by atoms with Crippen molar-refractivity contribution in [1.82, 2.24) is 0 Å². The van der Waals surface area contributed by atoms with E-state index in [9.17, 15) is 13.6 Å². The van der Waals surface area contributed by atoms with Gasteiger partial charge in [-0.1, -0.05) is 13.8 Å². The maximum atomic E-state index is 11.9. The normalized spacial score (nSPS) is 29.3. The molecule has 2 atom stereocenters. The lowest BCUT2D eigenvalue weighted by molar-refractivity contribution is -0.143. The number of halogens is 2. The van der Waals surface area contributed by atoms with E-state index >= 15 is 0 Å². The highest BCUT2D eigenvalue weighted by Crippen LogP contribution is 2.59. The molecule has 0 spiro atoms. The number of esters is 1. The molecule has 0 unspecified atom stereocenters. The van der Waals surface area contributed by atoms with E-state index in [1.54, 1.807) is 13.8 Å². The van der Waals surface area contributed by atoms with Gasteiger partial charge >= 0.3 is 5.97 Å². The Morgan fingerprint density at radius 2 is 2.00 bits per heavy atom. The Morgan fingerprint density at radius 3 is 2.38 bits per heavy atom. The van der Waals surface area contributed by atoms with Crippen LogP contribution in [0.15, 0.2) is 12.2 Å². The summed E-state index contributed by atoms with van der Waals surface area (Å²) in [4.78, 5) is 11.1. The number of hydrogen-bond donors (Lipinski definition) is 0. The monoisotopic (exact) mass is 190 g/mol. The van der Waals surface area contributed by atoms with Crippen LogP contribution in [0.25, 0.3) is 0 Å². The largest absolute Gasteiger partial charge is 0.469 e. The van der Waals surface area contributed by atoms with E-state index in [1.165, 1.54) is 7.11 Å². The third-order valence-corrected chi connectivity index (χ3v) is 2.67. The van der Waals surface area contributed by atoms with Crippen LogP contribution in [-0.2, 0) is 9.53 Å². The Kier molecular flexibility index (Phi) is 2.41. The van der Waals surface area contributed by atoms with Gasteiger partial charge in [0.2, 0.25) is 0 Å². The first-order valence-corrected chi connectivity index (χ1v) is 4.02. The molecule has 0 aliphatic heterocycles. The molecular weight excluding hydrogens is 178 g/mol. The van der Waals surface area contributed by atoms with E-state index in [2.05, 4.69) is 4.74 Å². The minimum atomic E-state index is -1.73. The molecule has 0 aromatic carbocycles. The quantitative estimate of drug-likeness (QED) is 0.624. The van der Waals surface area contributed by atoms with Crippen LogP contribution in [0.4, 0.5) is 8.78 Å². The summed E-state index contributed by atoms with van der Waals surface area (Å²) in [5, 5.41) is 0. The lowest BCUT2D eigenvalue weighted by atomic mass is 10.1. The molecule has 0 aromatic heterocycles. The predicted octanol–water partition coefficient (Wildman–Crippen LogP) is 2.21. The van der Waals surface area contributed by atoms with Crippen LogP contribution in [0, 0.1) is 17.3 Å². The zero-order valence-corrected chi connectivity index (χ0v) is 7.80. The first-order valence-electron chi connectivity index (χ1n) is 4.02. The van der Waals surface area contributed by atoms with Gasteiger partial charge in [0.05, 0.1) is 13.0 Å². The summed E-state index contributed by atoms with van der Waals surface area (Å²) in [6.45, 7) is 3.55. The van der Waals surface area contributed by atoms with Crippen LogP contribution in [0.2, 0.25) is 0 Å². The Morgan fingerprint density at radius 1 is 1.46 bits per heavy atom. The summed E-state index contributed by atoms with van der Waals surface area (Å²) in [5.41, 5.74) is -0.392. The molecule has 0 amide bonds. The number of hydrogen-bond acceptors (Lipinski definition) is 2. The van der Waals surface area contributed by atoms with Gasteiger partial charge in [-0.25, -0.2) is 0 Å². The molecule has 1 rings (SSSR count). The molecule has 1 fully saturated rings. The van der Waals surface area contributed by atoms with Gasteiger partial charge in [-0.05, 0) is 11.5 Å². The van der Waals surface area contributed by atoms with Crippen LogP contribution in [0.1, 0.15) is 13.8 Å². The fourth-order valence-corrected chi connectivity index (χ4v) is 1.70. The first kappa shape index (κ1) is 10.2. The van der Waals surface area contributed by atoms with Crippen LogP contribution >= 0.6 is 0 Å². The minimum Gasteiger partial charge on any atom is -0.469 e. The van der Waals surface area contributed by atoms with E-state index in [0.29, 0.717) is 0 Å². The summed E-state index contributed by atoms with van der Waals surface area (Å²) in [7, 11) is 1.27. The maximum Gasteiger partial charge on any atom is 0.309 e. The summed E-state index contributed by atoms with van der Waals surface area (Å²) in [6, 6.07) is 0. The lowest BCUT2D eigenvalue weighted by Gasteiger charge is -1.98. The van der Waals surface area contributed by atoms with Crippen molar-refractivity contribution in [2.75, 3.05) is 7.11 Å². The molecule has 0 aromatic rings. The second-order valence-electron chi connectivity index (χ2n) is 3.80. The molecule has 13 heavy (non-hydrogen) atoms. The van der Waals surface area contributed by atoms with Gasteiger partial charge in [-0.15, -0.1) is 0 Å². The van der Waals surface area contributed by atoms with E-state index < -0.39 is 23.4 Å². The number of carbonyl (C=O) groups excluding carboxylic acids is 1. The maximum absolute atomic E-state index is 11.9. The summed E-state index contributed by atoms with van der Waals surface area (Å²) >= 11 is 0. The Bertz CT molecular complexity index is 254. The van der Waals surface area contributed by atoms with Crippen molar-refractivity contribution in [1.29, 1.82) is 0 Å². The van der Waals surface area contributed by atoms with Crippen molar-refractivity contribution < 1.29 is 18.3 Å². The molecular formula is C9H12F2O2. The molecule has 0 radical (unpaired) electrons. The molecule has 1 aliphatic rings. The molecule has 0 saturated heterocycles. The number of carbonyl (C=O) groups is 1. The number of rotatable bonds is 2. The Balaban J connectivity index is 2.72. The third kappa shape index (κ3) is 1.71. The molecule has 2 nitrogen and oxygen atoms in total. The van der Waals surface area contributed by atoms with E-state index in [0.717, 1.165) is 6.08 Å². The van der Waals surface area contributed by atoms with Gasteiger partial charge in [-0.2, -0.15) is 8.78 Å². The van der Waals surface area contributed by atoms with E-state index in [-0.39, 0.29) is 5.92 Å². The molecule has 1 aliphatic carbocycles. The van der Waals surface area contributed by atoms with Gasteiger partial charge in [0.15, 0.2) is 0 Å². The van der Waals surface area contributed by atoms with Crippen molar-refractivity contribution >= 4 is 5.97 Å². The number of ether oxygens (including phenoxy) is 1. The topological polar surface area (TPSA) is 26.3 Å². The molecule has 74 valence electrons. The lowest BCUT2D eigenvalue weighted by Crippen LogP contribution is -2.07. The first-order chi connectivity index (χ1) is 5.91. The fraction of sp³-hybridized carbons (Fsp3) is 0.667. The predicted molar refractivity (Wildman–Crippen MR) is 43.1 cm³/mol. The SMILES string of the molecule is COC(=O)[C@@H]1[C@@H](C=C(F)F)C1(C)C. The second kappa shape index (κ2) is 3.09. The van der Waals surface area contributed by atoms with Gasteiger partial charge in [0, 0.05) is 5.92 Å². The summed E-state index contributed by atoms with van der Waals surface area (Å²) in [6.07, 6.45) is -0.897. The molecule has 0 N–H and O–H groups in total. The zero-order valence-electron chi connectivity index (χ0n) is 7.80. The van der Waals surface area contributed by atoms with Crippen LogP contribution in [-0.4, -0.2) is 13.1 Å². The Hall–Kier alpha value is -0.930. The fourth-order valence-electron chi connectivity index (χ4n) is 1.70. The highest BCUT2D eigenvalue weighted by Gasteiger charge is 2.61. The van der Waals surface area contributed by atoms with Gasteiger partial charge < -0.3 is 4.74 Å². The Labute approximate surface area is 75.6 Å². The van der Waals surface area contributed by atoms with Crippen molar-refractivity contribution in [2.45, 2.75) is 13.8 Å². The number of allylic oxidation sites excluding steroid dienone is 1. The van der Waals surface area contributed by atoms with Crippen molar-refractivity contribution in [3.63, 3.8) is 0 Å². The van der Waals surface area contributed by atoms with Crippen LogP contribution in [0.5, 0.6) is 0 Å². The van der Waals surface area contributed by atoms with Crippen LogP contribution < -0.4 is 0 Å². The highest BCUT2D eigenvalue weighted by molar-refractivity contribution is 5.78.